The van der Waals surface area contributed by atoms with Gasteiger partial charge in [-0.15, -0.1) is 0 Å². The van der Waals surface area contributed by atoms with Gasteiger partial charge in [-0.25, -0.2) is 0 Å². The molecule has 3 rings (SSSR count). The number of nitrogens with zero attached hydrogens (tertiary/aromatic N) is 1. The maximum Gasteiger partial charge on any atom is 0.222 e. The van der Waals surface area contributed by atoms with Gasteiger partial charge in [0, 0.05) is 13.5 Å². The fourth-order valence-corrected chi connectivity index (χ4v) is 3.18. The molecule has 1 atom stereocenters. The largest absolute Gasteiger partial charge is 0.486 e. The van der Waals surface area contributed by atoms with Crippen LogP contribution in [0.2, 0.25) is 0 Å². The molecule has 4 heteroatoms. The molecule has 1 saturated carbocycles. The van der Waals surface area contributed by atoms with Gasteiger partial charge in [-0.3, -0.25) is 4.79 Å². The third-order valence-corrected chi connectivity index (χ3v) is 4.41. The van der Waals surface area contributed by atoms with Crippen LogP contribution in [0.25, 0.3) is 0 Å². The van der Waals surface area contributed by atoms with Crippen LogP contribution >= 0.6 is 0 Å². The summed E-state index contributed by atoms with van der Waals surface area (Å²) in [6.45, 7) is 1.08. The lowest BCUT2D eigenvalue weighted by atomic mass is 10.0. The molecule has 0 saturated heterocycles. The van der Waals surface area contributed by atoms with Gasteiger partial charge in [-0.05, 0) is 30.9 Å². The SMILES string of the molecule is CN(CC1COc2ccccc2O1)C(=O)CC1CCCC1. The van der Waals surface area contributed by atoms with Gasteiger partial charge in [0.25, 0.3) is 0 Å². The third kappa shape index (κ3) is 3.49. The Morgan fingerprint density at radius 1 is 1.24 bits per heavy atom. The minimum atomic E-state index is -0.0857. The van der Waals surface area contributed by atoms with Gasteiger partial charge in [0.1, 0.15) is 6.61 Å². The van der Waals surface area contributed by atoms with Crippen LogP contribution < -0.4 is 9.47 Å². The second-order valence-electron chi connectivity index (χ2n) is 6.13. The van der Waals surface area contributed by atoms with Crippen molar-refractivity contribution < 1.29 is 14.3 Å². The number of hydrogen-bond donors (Lipinski definition) is 0. The number of hydrogen-bond acceptors (Lipinski definition) is 3. The zero-order valence-corrected chi connectivity index (χ0v) is 12.6. The smallest absolute Gasteiger partial charge is 0.222 e. The number of benzene rings is 1. The van der Waals surface area contributed by atoms with E-state index < -0.39 is 0 Å². The molecule has 114 valence electrons. The Morgan fingerprint density at radius 2 is 1.95 bits per heavy atom. The van der Waals surface area contributed by atoms with Crippen LogP contribution in [-0.4, -0.2) is 37.1 Å². The third-order valence-electron chi connectivity index (χ3n) is 4.41. The Hall–Kier alpha value is -1.71. The number of amides is 1. The Balaban J connectivity index is 1.51. The van der Waals surface area contributed by atoms with E-state index >= 15 is 0 Å². The molecule has 21 heavy (non-hydrogen) atoms. The van der Waals surface area contributed by atoms with Crippen LogP contribution in [0.1, 0.15) is 32.1 Å². The predicted octanol–water partition coefficient (Wildman–Crippen LogP) is 2.87. The quantitative estimate of drug-likeness (QED) is 0.855. The van der Waals surface area contributed by atoms with E-state index in [1.54, 1.807) is 4.90 Å². The van der Waals surface area contributed by atoms with Crippen molar-refractivity contribution in [1.29, 1.82) is 0 Å². The van der Waals surface area contributed by atoms with Crippen LogP contribution in [0.5, 0.6) is 11.5 Å². The van der Waals surface area contributed by atoms with Gasteiger partial charge in [-0.2, -0.15) is 0 Å². The van der Waals surface area contributed by atoms with Crippen LogP contribution in [0.15, 0.2) is 24.3 Å². The summed E-state index contributed by atoms with van der Waals surface area (Å²) in [5, 5.41) is 0. The molecule has 0 spiro atoms. The Kier molecular flexibility index (Phi) is 4.32. The molecule has 1 aliphatic carbocycles. The molecule has 0 N–H and O–H groups in total. The van der Waals surface area contributed by atoms with Gasteiger partial charge < -0.3 is 14.4 Å². The number of carbonyl (C=O) groups is 1. The molecule has 1 unspecified atom stereocenters. The normalized spacial score (nSPS) is 21.3. The summed E-state index contributed by atoms with van der Waals surface area (Å²) in [5.41, 5.74) is 0. The highest BCUT2D eigenvalue weighted by Gasteiger charge is 2.25. The fourth-order valence-electron chi connectivity index (χ4n) is 3.18. The average Bonchev–Trinajstić information content (AvgIpc) is 3.00. The average molecular weight is 289 g/mol. The second kappa shape index (κ2) is 6.37. The van der Waals surface area contributed by atoms with Crippen molar-refractivity contribution in [2.75, 3.05) is 20.2 Å². The maximum absolute atomic E-state index is 12.2. The Labute approximate surface area is 126 Å². The van der Waals surface area contributed by atoms with E-state index in [2.05, 4.69) is 0 Å². The number of rotatable bonds is 4. The van der Waals surface area contributed by atoms with Crippen molar-refractivity contribution in [3.63, 3.8) is 0 Å². The highest BCUT2D eigenvalue weighted by atomic mass is 16.6. The van der Waals surface area contributed by atoms with Crippen LogP contribution in [0.4, 0.5) is 0 Å². The first-order valence-electron chi connectivity index (χ1n) is 7.85. The molecule has 1 aromatic rings. The Bertz CT molecular complexity index is 497. The van der Waals surface area contributed by atoms with Gasteiger partial charge in [0.05, 0.1) is 6.54 Å². The zero-order chi connectivity index (χ0) is 14.7. The topological polar surface area (TPSA) is 38.8 Å². The number of ether oxygens (including phenoxy) is 2. The van der Waals surface area contributed by atoms with E-state index in [4.69, 9.17) is 9.47 Å². The first-order valence-corrected chi connectivity index (χ1v) is 7.85. The van der Waals surface area contributed by atoms with E-state index in [0.717, 1.165) is 11.5 Å². The van der Waals surface area contributed by atoms with Gasteiger partial charge in [0.2, 0.25) is 5.91 Å². The summed E-state index contributed by atoms with van der Waals surface area (Å²) in [5.74, 6) is 2.37. The molecule has 1 aromatic carbocycles. The molecular formula is C17H23NO3. The lowest BCUT2D eigenvalue weighted by molar-refractivity contribution is -0.132. The number of para-hydroxylation sites is 2. The van der Waals surface area contributed by atoms with Crippen molar-refractivity contribution in [1.82, 2.24) is 4.90 Å². The molecule has 4 nitrogen and oxygen atoms in total. The first-order chi connectivity index (χ1) is 10.2. The molecule has 0 bridgehead atoms. The van der Waals surface area contributed by atoms with Crippen molar-refractivity contribution in [2.24, 2.45) is 5.92 Å². The summed E-state index contributed by atoms with van der Waals surface area (Å²) in [6, 6.07) is 7.67. The van der Waals surface area contributed by atoms with E-state index in [1.807, 2.05) is 31.3 Å². The molecule has 1 amide bonds. The minimum absolute atomic E-state index is 0.0857. The van der Waals surface area contributed by atoms with E-state index in [-0.39, 0.29) is 12.0 Å². The summed E-state index contributed by atoms with van der Waals surface area (Å²) in [6.07, 6.45) is 5.56. The van der Waals surface area contributed by atoms with Crippen LogP contribution in [0.3, 0.4) is 0 Å². The van der Waals surface area contributed by atoms with E-state index in [1.165, 1.54) is 25.7 Å². The van der Waals surface area contributed by atoms with Gasteiger partial charge in [0.15, 0.2) is 17.6 Å². The lowest BCUT2D eigenvalue weighted by Gasteiger charge is -2.30. The number of carbonyl (C=O) groups excluding carboxylic acids is 1. The summed E-state index contributed by atoms with van der Waals surface area (Å²) in [7, 11) is 1.86. The standard InChI is InChI=1S/C17H23NO3/c1-18(17(19)10-13-6-2-3-7-13)11-14-12-20-15-8-4-5-9-16(15)21-14/h4-5,8-9,13-14H,2-3,6-7,10-12H2,1H3. The predicted molar refractivity (Wildman–Crippen MR) is 80.6 cm³/mol. The zero-order valence-electron chi connectivity index (χ0n) is 12.6. The number of likely N-dealkylation sites (N-methyl/N-ethyl adjacent to an activating group) is 1. The van der Waals surface area contributed by atoms with Crippen LogP contribution in [0, 0.1) is 5.92 Å². The van der Waals surface area contributed by atoms with E-state index in [9.17, 15) is 4.79 Å². The van der Waals surface area contributed by atoms with Crippen molar-refractivity contribution >= 4 is 5.91 Å². The maximum atomic E-state index is 12.2. The van der Waals surface area contributed by atoms with Crippen molar-refractivity contribution in [3.05, 3.63) is 24.3 Å². The van der Waals surface area contributed by atoms with Gasteiger partial charge >= 0.3 is 0 Å². The monoisotopic (exact) mass is 289 g/mol. The van der Waals surface area contributed by atoms with Gasteiger partial charge in [-0.1, -0.05) is 25.0 Å². The molecule has 0 aromatic heterocycles. The molecule has 1 fully saturated rings. The van der Waals surface area contributed by atoms with E-state index in [0.29, 0.717) is 25.5 Å². The number of fused-ring (bicyclic) bond motifs is 1. The Morgan fingerprint density at radius 3 is 2.71 bits per heavy atom. The highest BCUT2D eigenvalue weighted by molar-refractivity contribution is 5.76. The highest BCUT2D eigenvalue weighted by Crippen LogP contribution is 2.31. The molecule has 1 heterocycles. The summed E-state index contributed by atoms with van der Waals surface area (Å²) in [4.78, 5) is 14.0. The molecule has 1 aliphatic heterocycles. The minimum Gasteiger partial charge on any atom is -0.486 e. The van der Waals surface area contributed by atoms with Crippen molar-refractivity contribution in [2.45, 2.75) is 38.2 Å². The summed E-state index contributed by atoms with van der Waals surface area (Å²) >= 11 is 0. The first kappa shape index (κ1) is 14.2. The van der Waals surface area contributed by atoms with Crippen LogP contribution in [-0.2, 0) is 4.79 Å². The molecular weight excluding hydrogens is 266 g/mol. The molecule has 0 radical (unpaired) electrons. The fraction of sp³-hybridized carbons (Fsp3) is 0.588. The lowest BCUT2D eigenvalue weighted by Crippen LogP contribution is -2.42. The summed E-state index contributed by atoms with van der Waals surface area (Å²) < 4.78 is 11.6. The molecule has 2 aliphatic rings. The van der Waals surface area contributed by atoms with Crippen molar-refractivity contribution in [3.8, 4) is 11.5 Å². The second-order valence-corrected chi connectivity index (χ2v) is 6.13.